The highest BCUT2D eigenvalue weighted by molar-refractivity contribution is 5.75. The van der Waals surface area contributed by atoms with Gasteiger partial charge in [-0.1, -0.05) is 25.7 Å². The fourth-order valence-electron chi connectivity index (χ4n) is 2.43. The summed E-state index contributed by atoms with van der Waals surface area (Å²) in [6.07, 6.45) is 8.02. The summed E-state index contributed by atoms with van der Waals surface area (Å²) in [5, 5.41) is 2.89. The summed E-state index contributed by atoms with van der Waals surface area (Å²) in [5.74, 6) is 0.117. The lowest BCUT2D eigenvalue weighted by atomic mass is 10.1. The molecule has 0 spiro atoms. The highest BCUT2D eigenvalue weighted by atomic mass is 16.5. The van der Waals surface area contributed by atoms with E-state index in [2.05, 4.69) is 19.2 Å². The van der Waals surface area contributed by atoms with Crippen LogP contribution in [-0.2, 0) is 23.7 Å². The number of nitrogens with one attached hydrogen (secondary N) is 1. The van der Waals surface area contributed by atoms with E-state index < -0.39 is 0 Å². The van der Waals surface area contributed by atoms with Crippen LogP contribution in [0.25, 0.3) is 0 Å². The van der Waals surface area contributed by atoms with Crippen molar-refractivity contribution in [2.75, 3.05) is 46.2 Å². The van der Waals surface area contributed by atoms with Gasteiger partial charge in [-0.15, -0.1) is 0 Å². The van der Waals surface area contributed by atoms with Gasteiger partial charge in [0.1, 0.15) is 0 Å². The van der Waals surface area contributed by atoms with Gasteiger partial charge in [-0.05, 0) is 40.5 Å². The Labute approximate surface area is 166 Å². The van der Waals surface area contributed by atoms with E-state index in [1.807, 2.05) is 13.8 Å². The molecular weight excluding hydrogens is 346 g/mol. The first-order valence-electron chi connectivity index (χ1n) is 10.7. The van der Waals surface area contributed by atoms with Gasteiger partial charge < -0.3 is 24.3 Å². The van der Waals surface area contributed by atoms with Crippen LogP contribution in [0.1, 0.15) is 72.6 Å². The maximum Gasteiger partial charge on any atom is 0.220 e. The summed E-state index contributed by atoms with van der Waals surface area (Å²) in [5.41, 5.74) is 0. The van der Waals surface area contributed by atoms with Gasteiger partial charge in [0.2, 0.25) is 5.91 Å². The third kappa shape index (κ3) is 23.3. The summed E-state index contributed by atoms with van der Waals surface area (Å²) in [4.78, 5) is 11.7. The zero-order chi connectivity index (χ0) is 20.2. The summed E-state index contributed by atoms with van der Waals surface area (Å²) < 4.78 is 21.7. The summed E-state index contributed by atoms with van der Waals surface area (Å²) in [6, 6.07) is 0. The molecule has 6 nitrogen and oxygen atoms in total. The quantitative estimate of drug-likeness (QED) is 0.322. The fraction of sp³-hybridized carbons (Fsp3) is 0.952. The SMILES string of the molecule is CC(C)OCCCCCCCCC(=O)NCCOCCOCCOC(C)C. The van der Waals surface area contributed by atoms with Crippen molar-refractivity contribution in [2.24, 2.45) is 0 Å². The van der Waals surface area contributed by atoms with Crippen molar-refractivity contribution in [3.05, 3.63) is 0 Å². The Hall–Kier alpha value is -0.690. The van der Waals surface area contributed by atoms with E-state index in [1.165, 1.54) is 19.3 Å². The first kappa shape index (κ1) is 26.3. The standard InChI is InChI=1S/C21H43NO5/c1-19(2)26-13-10-8-6-5-7-9-11-21(23)22-12-14-24-15-16-25-17-18-27-20(3)4/h19-20H,5-18H2,1-4H3,(H,22,23). The molecule has 0 atom stereocenters. The van der Waals surface area contributed by atoms with Crippen LogP contribution in [0, 0.1) is 0 Å². The van der Waals surface area contributed by atoms with Crippen LogP contribution in [0.5, 0.6) is 0 Å². The molecule has 1 amide bonds. The molecule has 0 aliphatic heterocycles. The summed E-state index contributed by atoms with van der Waals surface area (Å²) >= 11 is 0. The van der Waals surface area contributed by atoms with E-state index in [4.69, 9.17) is 18.9 Å². The highest BCUT2D eigenvalue weighted by Gasteiger charge is 2.01. The number of hydrogen-bond acceptors (Lipinski definition) is 5. The minimum atomic E-state index is 0.117. The molecule has 6 heteroatoms. The monoisotopic (exact) mass is 389 g/mol. The number of ether oxygens (including phenoxy) is 4. The molecular formula is C21H43NO5. The largest absolute Gasteiger partial charge is 0.379 e. The lowest BCUT2D eigenvalue weighted by Gasteiger charge is -2.09. The van der Waals surface area contributed by atoms with Crippen molar-refractivity contribution < 1.29 is 23.7 Å². The molecule has 0 radical (unpaired) electrons. The highest BCUT2D eigenvalue weighted by Crippen LogP contribution is 2.07. The van der Waals surface area contributed by atoms with Gasteiger partial charge in [0.15, 0.2) is 0 Å². The normalized spacial score (nSPS) is 11.5. The van der Waals surface area contributed by atoms with Crippen molar-refractivity contribution in [2.45, 2.75) is 84.8 Å². The molecule has 0 aliphatic rings. The van der Waals surface area contributed by atoms with Crippen LogP contribution >= 0.6 is 0 Å². The molecule has 162 valence electrons. The molecule has 0 fully saturated rings. The molecule has 1 N–H and O–H groups in total. The Kier molecular flexibility index (Phi) is 19.5. The van der Waals surface area contributed by atoms with E-state index >= 15 is 0 Å². The Bertz CT molecular complexity index is 324. The second kappa shape index (κ2) is 20.1. The Morgan fingerprint density at radius 2 is 1.19 bits per heavy atom. The minimum Gasteiger partial charge on any atom is -0.379 e. The van der Waals surface area contributed by atoms with Gasteiger partial charge in [-0.25, -0.2) is 0 Å². The van der Waals surface area contributed by atoms with Crippen LogP contribution in [0.2, 0.25) is 0 Å². The van der Waals surface area contributed by atoms with E-state index in [1.54, 1.807) is 0 Å². The van der Waals surface area contributed by atoms with Gasteiger partial charge in [-0.2, -0.15) is 0 Å². The molecule has 0 aromatic heterocycles. The first-order chi connectivity index (χ1) is 13.0. The summed E-state index contributed by atoms with van der Waals surface area (Å²) in [7, 11) is 0. The zero-order valence-electron chi connectivity index (χ0n) is 18.1. The molecule has 27 heavy (non-hydrogen) atoms. The second-order valence-corrected chi connectivity index (χ2v) is 7.29. The molecule has 0 bridgehead atoms. The van der Waals surface area contributed by atoms with Crippen LogP contribution in [0.15, 0.2) is 0 Å². The fourth-order valence-corrected chi connectivity index (χ4v) is 2.43. The van der Waals surface area contributed by atoms with E-state index in [-0.39, 0.29) is 12.0 Å². The predicted molar refractivity (Wildman–Crippen MR) is 109 cm³/mol. The van der Waals surface area contributed by atoms with Crippen molar-refractivity contribution in [1.29, 1.82) is 0 Å². The van der Waals surface area contributed by atoms with Crippen LogP contribution in [0.4, 0.5) is 0 Å². The number of carbonyl (C=O) groups excluding carboxylic acids is 1. The van der Waals surface area contributed by atoms with Gasteiger partial charge in [0.05, 0.1) is 45.2 Å². The Morgan fingerprint density at radius 1 is 0.667 bits per heavy atom. The third-order valence-corrected chi connectivity index (χ3v) is 3.87. The molecule has 0 rings (SSSR count). The van der Waals surface area contributed by atoms with E-state index in [9.17, 15) is 4.79 Å². The number of unbranched alkanes of at least 4 members (excludes halogenated alkanes) is 5. The van der Waals surface area contributed by atoms with Gasteiger partial charge >= 0.3 is 0 Å². The van der Waals surface area contributed by atoms with Crippen LogP contribution < -0.4 is 5.32 Å². The second-order valence-electron chi connectivity index (χ2n) is 7.29. The molecule has 0 heterocycles. The van der Waals surface area contributed by atoms with Crippen LogP contribution in [-0.4, -0.2) is 64.3 Å². The average molecular weight is 390 g/mol. The average Bonchev–Trinajstić information content (AvgIpc) is 2.61. The first-order valence-corrected chi connectivity index (χ1v) is 10.7. The molecule has 0 saturated heterocycles. The zero-order valence-corrected chi connectivity index (χ0v) is 18.1. The Balaban J connectivity index is 3.18. The van der Waals surface area contributed by atoms with Crippen molar-refractivity contribution in [3.63, 3.8) is 0 Å². The molecule has 0 unspecified atom stereocenters. The number of amides is 1. The van der Waals surface area contributed by atoms with Crippen LogP contribution in [0.3, 0.4) is 0 Å². The number of rotatable bonds is 20. The lowest BCUT2D eigenvalue weighted by molar-refractivity contribution is -0.121. The predicted octanol–water partition coefficient (Wildman–Crippen LogP) is 3.72. The Morgan fingerprint density at radius 3 is 1.85 bits per heavy atom. The van der Waals surface area contributed by atoms with E-state index in [0.717, 1.165) is 25.9 Å². The van der Waals surface area contributed by atoms with Crippen molar-refractivity contribution in [3.8, 4) is 0 Å². The molecule has 0 saturated carbocycles. The maximum atomic E-state index is 11.7. The smallest absolute Gasteiger partial charge is 0.220 e. The van der Waals surface area contributed by atoms with Crippen molar-refractivity contribution in [1.82, 2.24) is 5.32 Å². The number of hydrogen-bond donors (Lipinski definition) is 1. The molecule has 0 aromatic carbocycles. The number of carbonyl (C=O) groups is 1. The lowest BCUT2D eigenvalue weighted by Crippen LogP contribution is -2.27. The summed E-state index contributed by atoms with van der Waals surface area (Å²) in [6.45, 7) is 12.4. The van der Waals surface area contributed by atoms with Gasteiger partial charge in [0.25, 0.3) is 0 Å². The van der Waals surface area contributed by atoms with E-state index in [0.29, 0.717) is 52.1 Å². The molecule has 0 aliphatic carbocycles. The minimum absolute atomic E-state index is 0.117. The topological polar surface area (TPSA) is 66.0 Å². The van der Waals surface area contributed by atoms with Gasteiger partial charge in [0, 0.05) is 19.6 Å². The van der Waals surface area contributed by atoms with Crippen molar-refractivity contribution >= 4 is 5.91 Å². The van der Waals surface area contributed by atoms with Gasteiger partial charge in [-0.3, -0.25) is 4.79 Å². The third-order valence-electron chi connectivity index (χ3n) is 3.87. The maximum absolute atomic E-state index is 11.7. The molecule has 0 aromatic rings.